The molecule has 10 heteroatoms. The highest BCUT2D eigenvalue weighted by Crippen LogP contribution is 2.26. The molecule has 2 rings (SSSR count). The maximum absolute atomic E-state index is 12.9. The Hall–Kier alpha value is -2.13. The standard InChI is InChI=1S/C21H24Cl2N2O5S/c1-5-25(6-2)31(28,29)19-11-15(8-7-13(19)3)21(27)30-14(4)20(26)24-18-10-9-16(22)12-17(18)23/h7-12,14H,5-6H2,1-4H3,(H,24,26). The van der Waals surface area contributed by atoms with E-state index in [0.717, 1.165) is 0 Å². The fourth-order valence-corrected chi connectivity index (χ4v) is 4.98. The van der Waals surface area contributed by atoms with Crippen molar-refractivity contribution >= 4 is 50.8 Å². The van der Waals surface area contributed by atoms with E-state index in [9.17, 15) is 18.0 Å². The number of aryl methyl sites for hydroxylation is 1. The first-order valence-corrected chi connectivity index (χ1v) is 11.8. The van der Waals surface area contributed by atoms with Gasteiger partial charge in [-0.05, 0) is 49.7 Å². The van der Waals surface area contributed by atoms with Crippen LogP contribution in [0.5, 0.6) is 0 Å². The molecule has 0 heterocycles. The zero-order chi connectivity index (χ0) is 23.3. The minimum atomic E-state index is -3.76. The van der Waals surface area contributed by atoms with Crippen molar-refractivity contribution in [1.29, 1.82) is 0 Å². The quantitative estimate of drug-likeness (QED) is 0.553. The lowest BCUT2D eigenvalue weighted by atomic mass is 10.1. The Bertz CT molecular complexity index is 1090. The molecule has 0 radical (unpaired) electrons. The monoisotopic (exact) mass is 486 g/mol. The molecule has 2 aromatic rings. The number of benzene rings is 2. The fourth-order valence-electron chi connectivity index (χ4n) is 2.81. The number of esters is 1. The summed E-state index contributed by atoms with van der Waals surface area (Å²) in [6.45, 7) is 7.13. The van der Waals surface area contributed by atoms with Gasteiger partial charge >= 0.3 is 5.97 Å². The van der Waals surface area contributed by atoms with E-state index in [2.05, 4.69) is 5.32 Å². The molecular formula is C21H24Cl2N2O5S. The van der Waals surface area contributed by atoms with Crippen LogP contribution in [0.4, 0.5) is 5.69 Å². The highest BCUT2D eigenvalue weighted by atomic mass is 35.5. The van der Waals surface area contributed by atoms with Gasteiger partial charge < -0.3 is 10.1 Å². The summed E-state index contributed by atoms with van der Waals surface area (Å²) in [5.41, 5.74) is 0.856. The van der Waals surface area contributed by atoms with E-state index in [-0.39, 0.29) is 15.5 Å². The zero-order valence-corrected chi connectivity index (χ0v) is 19.9. The number of nitrogens with zero attached hydrogens (tertiary/aromatic N) is 1. The predicted octanol–water partition coefficient (Wildman–Crippen LogP) is 4.52. The van der Waals surface area contributed by atoms with E-state index < -0.39 is 28.0 Å². The second-order valence-electron chi connectivity index (χ2n) is 6.73. The number of amides is 1. The molecular weight excluding hydrogens is 463 g/mol. The molecule has 0 bridgehead atoms. The Labute approximate surface area is 192 Å². The number of rotatable bonds is 8. The van der Waals surface area contributed by atoms with Crippen molar-refractivity contribution in [2.45, 2.75) is 38.7 Å². The molecule has 0 aliphatic rings. The van der Waals surface area contributed by atoms with Gasteiger partial charge in [-0.15, -0.1) is 0 Å². The summed E-state index contributed by atoms with van der Waals surface area (Å²) in [6.07, 6.45) is -1.15. The van der Waals surface area contributed by atoms with Crippen LogP contribution in [-0.4, -0.2) is 43.8 Å². The molecule has 7 nitrogen and oxygen atoms in total. The molecule has 0 aliphatic heterocycles. The second-order valence-corrected chi connectivity index (χ2v) is 9.48. The normalized spacial score (nSPS) is 12.5. The molecule has 0 spiro atoms. The van der Waals surface area contributed by atoms with Crippen LogP contribution < -0.4 is 5.32 Å². The van der Waals surface area contributed by atoms with E-state index in [1.165, 1.54) is 41.6 Å². The van der Waals surface area contributed by atoms with Gasteiger partial charge in [0.1, 0.15) is 0 Å². The lowest BCUT2D eigenvalue weighted by Gasteiger charge is -2.20. The number of ether oxygens (including phenoxy) is 1. The van der Waals surface area contributed by atoms with Crippen molar-refractivity contribution in [2.24, 2.45) is 0 Å². The van der Waals surface area contributed by atoms with Crippen LogP contribution in [0.1, 0.15) is 36.7 Å². The Morgan fingerprint density at radius 2 is 1.74 bits per heavy atom. The Morgan fingerprint density at radius 3 is 2.32 bits per heavy atom. The Morgan fingerprint density at radius 1 is 1.10 bits per heavy atom. The maximum atomic E-state index is 12.9. The smallest absolute Gasteiger partial charge is 0.338 e. The van der Waals surface area contributed by atoms with Gasteiger partial charge in [-0.3, -0.25) is 4.79 Å². The van der Waals surface area contributed by atoms with Gasteiger partial charge in [0.2, 0.25) is 10.0 Å². The summed E-state index contributed by atoms with van der Waals surface area (Å²) < 4.78 is 32.3. The number of sulfonamides is 1. The van der Waals surface area contributed by atoms with Crippen LogP contribution in [0, 0.1) is 6.92 Å². The molecule has 1 N–H and O–H groups in total. The van der Waals surface area contributed by atoms with Crippen molar-refractivity contribution < 1.29 is 22.7 Å². The van der Waals surface area contributed by atoms with Crippen molar-refractivity contribution in [3.05, 3.63) is 57.6 Å². The zero-order valence-electron chi connectivity index (χ0n) is 17.6. The molecule has 168 valence electrons. The van der Waals surface area contributed by atoms with E-state index >= 15 is 0 Å². The highest BCUT2D eigenvalue weighted by Gasteiger charge is 2.26. The molecule has 0 fully saturated rings. The Kier molecular flexibility index (Phi) is 8.48. The number of hydrogen-bond donors (Lipinski definition) is 1. The average molecular weight is 487 g/mol. The largest absolute Gasteiger partial charge is 0.449 e. The molecule has 1 atom stereocenters. The number of anilines is 1. The summed E-state index contributed by atoms with van der Waals surface area (Å²) in [6, 6.07) is 8.82. The van der Waals surface area contributed by atoms with Crippen LogP contribution in [0.25, 0.3) is 0 Å². The second kappa shape index (κ2) is 10.5. The third kappa shape index (κ3) is 5.98. The number of carbonyl (C=O) groups excluding carboxylic acids is 2. The Balaban J connectivity index is 2.19. The SMILES string of the molecule is CCN(CC)S(=O)(=O)c1cc(C(=O)OC(C)C(=O)Nc2ccc(Cl)cc2Cl)ccc1C. The summed E-state index contributed by atoms with van der Waals surface area (Å²) in [4.78, 5) is 25.0. The van der Waals surface area contributed by atoms with E-state index in [1.807, 2.05) is 0 Å². The van der Waals surface area contributed by atoms with Crippen molar-refractivity contribution in [1.82, 2.24) is 4.31 Å². The van der Waals surface area contributed by atoms with E-state index in [1.54, 1.807) is 26.8 Å². The molecule has 2 aromatic carbocycles. The summed E-state index contributed by atoms with van der Waals surface area (Å²) in [5.74, 6) is -1.42. The van der Waals surface area contributed by atoms with E-state index in [0.29, 0.717) is 29.4 Å². The van der Waals surface area contributed by atoms with Crippen LogP contribution in [0.15, 0.2) is 41.3 Å². The van der Waals surface area contributed by atoms with Gasteiger partial charge in [-0.2, -0.15) is 4.31 Å². The molecule has 1 amide bonds. The number of nitrogens with one attached hydrogen (secondary N) is 1. The summed E-state index contributed by atoms with van der Waals surface area (Å²) >= 11 is 11.9. The van der Waals surface area contributed by atoms with Gasteiger partial charge in [0.05, 0.1) is 21.2 Å². The molecule has 31 heavy (non-hydrogen) atoms. The third-order valence-corrected chi connectivity index (χ3v) is 7.33. The number of halogens is 2. The van der Waals surface area contributed by atoms with E-state index in [4.69, 9.17) is 27.9 Å². The minimum absolute atomic E-state index is 0.0238. The summed E-state index contributed by atoms with van der Waals surface area (Å²) in [7, 11) is -3.76. The van der Waals surface area contributed by atoms with Crippen LogP contribution >= 0.6 is 23.2 Å². The summed E-state index contributed by atoms with van der Waals surface area (Å²) in [5, 5.41) is 3.21. The van der Waals surface area contributed by atoms with Crippen LogP contribution in [0.2, 0.25) is 10.0 Å². The van der Waals surface area contributed by atoms with Crippen molar-refractivity contribution in [3.8, 4) is 0 Å². The lowest BCUT2D eigenvalue weighted by molar-refractivity contribution is -0.123. The predicted molar refractivity (Wildman–Crippen MR) is 121 cm³/mol. The molecule has 0 aliphatic carbocycles. The van der Waals surface area contributed by atoms with Gasteiger partial charge in [0, 0.05) is 18.1 Å². The fraction of sp³-hybridized carbons (Fsp3) is 0.333. The highest BCUT2D eigenvalue weighted by molar-refractivity contribution is 7.89. The topological polar surface area (TPSA) is 92.8 Å². The third-order valence-electron chi connectivity index (χ3n) is 4.59. The van der Waals surface area contributed by atoms with Gasteiger partial charge in [-0.25, -0.2) is 13.2 Å². The molecule has 0 saturated carbocycles. The number of carbonyl (C=O) groups is 2. The van der Waals surface area contributed by atoms with Crippen molar-refractivity contribution in [2.75, 3.05) is 18.4 Å². The first-order valence-electron chi connectivity index (χ1n) is 9.58. The average Bonchev–Trinajstić information content (AvgIpc) is 2.70. The van der Waals surface area contributed by atoms with Gasteiger partial charge in [0.25, 0.3) is 5.91 Å². The molecule has 0 saturated heterocycles. The maximum Gasteiger partial charge on any atom is 0.338 e. The van der Waals surface area contributed by atoms with Crippen molar-refractivity contribution in [3.63, 3.8) is 0 Å². The first-order chi connectivity index (χ1) is 14.5. The lowest BCUT2D eigenvalue weighted by Crippen LogP contribution is -2.32. The number of hydrogen-bond acceptors (Lipinski definition) is 5. The van der Waals surface area contributed by atoms with Gasteiger partial charge in [0.15, 0.2) is 6.10 Å². The van der Waals surface area contributed by atoms with Crippen LogP contribution in [-0.2, 0) is 19.6 Å². The van der Waals surface area contributed by atoms with Gasteiger partial charge in [-0.1, -0.05) is 43.1 Å². The van der Waals surface area contributed by atoms with Crippen LogP contribution in [0.3, 0.4) is 0 Å². The molecule has 0 aromatic heterocycles. The minimum Gasteiger partial charge on any atom is -0.449 e. The first kappa shape index (κ1) is 25.1. The molecule has 1 unspecified atom stereocenters.